The van der Waals surface area contributed by atoms with Crippen molar-refractivity contribution in [3.05, 3.63) is 0 Å². The maximum atomic E-state index is 8.63. The molecule has 0 unspecified atom stereocenters. The predicted octanol–water partition coefficient (Wildman–Crippen LogP) is -6.00. The van der Waals surface area contributed by atoms with Gasteiger partial charge in [-0.15, -0.1) is 0 Å². The second-order valence-corrected chi connectivity index (χ2v) is 5.48. The van der Waals surface area contributed by atoms with E-state index in [2.05, 4.69) is 0 Å². The Bertz CT molecular complexity index is 208. The molecule has 11 heteroatoms. The van der Waals surface area contributed by atoms with Crippen molar-refractivity contribution in [2.75, 3.05) is 0 Å². The van der Waals surface area contributed by atoms with Crippen LogP contribution in [0.4, 0.5) is 0 Å². The second kappa shape index (κ2) is 6.96. The molecular weight excluding hydrogens is 474 g/mol. The molecule has 0 aromatic rings. The third-order valence-corrected chi connectivity index (χ3v) is 0. The second-order valence-electron chi connectivity index (χ2n) is 0.816. The van der Waals surface area contributed by atoms with Crippen molar-refractivity contribution in [1.82, 2.24) is 0 Å². The third kappa shape index (κ3) is 460. The summed E-state index contributed by atoms with van der Waals surface area (Å²) in [7, 11) is 0. The van der Waals surface area contributed by atoms with Gasteiger partial charge in [0.2, 0.25) is 0 Å². The number of rotatable bonds is 0. The first kappa shape index (κ1) is 18.3. The van der Waals surface area contributed by atoms with Crippen LogP contribution < -0.4 is 13.9 Å². The summed E-state index contributed by atoms with van der Waals surface area (Å²) in [6.45, 7) is 0. The SMILES string of the molecule is O=[Te](=O)([O-])[O-].O=[Te](=O)([O-])[O-].[Zr+4]. The molecule has 0 heterocycles. The molecular formula is O8Te2Zr. The first-order valence-corrected chi connectivity index (χ1v) is 8.94. The van der Waals surface area contributed by atoms with Crippen LogP contribution in [-0.2, 0) is 38.6 Å². The van der Waals surface area contributed by atoms with Crippen LogP contribution in [0.3, 0.4) is 0 Å². The van der Waals surface area contributed by atoms with Gasteiger partial charge in [-0.3, -0.25) is 0 Å². The van der Waals surface area contributed by atoms with Crippen molar-refractivity contribution in [2.24, 2.45) is 0 Å². The zero-order valence-electron chi connectivity index (χ0n) is 4.58. The van der Waals surface area contributed by atoms with Crippen LogP contribution in [0.25, 0.3) is 0 Å². The Hall–Kier alpha value is 1.50. The quantitative estimate of drug-likeness (QED) is 0.314. The van der Waals surface area contributed by atoms with E-state index in [0.717, 1.165) is 0 Å². The molecule has 0 atom stereocenters. The Labute approximate surface area is 89.3 Å². The van der Waals surface area contributed by atoms with Gasteiger partial charge < -0.3 is 0 Å². The van der Waals surface area contributed by atoms with E-state index in [0.29, 0.717) is 0 Å². The van der Waals surface area contributed by atoms with Crippen LogP contribution in [0.1, 0.15) is 0 Å². The van der Waals surface area contributed by atoms with E-state index >= 15 is 0 Å². The zero-order chi connectivity index (χ0) is 9.00. The molecule has 0 aliphatic carbocycles. The normalized spacial score (nSPS) is 10.5. The molecule has 0 saturated heterocycles. The maximum absolute atomic E-state index is 8.63. The van der Waals surface area contributed by atoms with E-state index in [1.165, 1.54) is 0 Å². The Balaban J connectivity index is -0.000000107. The minimum absolute atomic E-state index is 0. The van der Waals surface area contributed by atoms with Crippen LogP contribution in [0.15, 0.2) is 0 Å². The smallest absolute Gasteiger partial charge is 4.00 e. The van der Waals surface area contributed by atoms with Crippen LogP contribution in [-0.4, -0.2) is 37.9 Å². The van der Waals surface area contributed by atoms with Gasteiger partial charge in [-0.2, -0.15) is 0 Å². The van der Waals surface area contributed by atoms with E-state index in [1.54, 1.807) is 0 Å². The van der Waals surface area contributed by atoms with Gasteiger partial charge in [-0.05, 0) is 0 Å². The van der Waals surface area contributed by atoms with Gasteiger partial charge in [0.15, 0.2) is 0 Å². The first-order chi connectivity index (χ1) is 4.00. The van der Waals surface area contributed by atoms with Crippen molar-refractivity contribution in [3.8, 4) is 0 Å². The molecule has 0 aromatic carbocycles. The predicted molar refractivity (Wildman–Crippen MR) is 14.3 cm³/mol. The molecule has 0 aliphatic rings. The Morgan fingerprint density at radius 3 is 0.636 bits per heavy atom. The summed E-state index contributed by atoms with van der Waals surface area (Å²) in [5.74, 6) is 0. The summed E-state index contributed by atoms with van der Waals surface area (Å²) in [4.78, 5) is 0. The first-order valence-electron chi connectivity index (χ1n) is 1.33. The number of hydrogen-bond donors (Lipinski definition) is 0. The molecule has 8 nitrogen and oxygen atoms in total. The maximum Gasteiger partial charge on any atom is 4.00 e. The summed E-state index contributed by atoms with van der Waals surface area (Å²) in [6.07, 6.45) is 0. The molecule has 0 radical (unpaired) electrons. The Morgan fingerprint density at radius 2 is 0.636 bits per heavy atom. The summed E-state index contributed by atoms with van der Waals surface area (Å²) in [5, 5.41) is 0. The Kier molecular flexibility index (Phi) is 11.6. The van der Waals surface area contributed by atoms with Crippen molar-refractivity contribution in [3.63, 3.8) is 0 Å². The van der Waals surface area contributed by atoms with Crippen LogP contribution in [0.2, 0.25) is 0 Å². The Morgan fingerprint density at radius 1 is 0.636 bits per heavy atom. The molecule has 0 bridgehead atoms. The molecule has 0 N–H and O–H groups in total. The van der Waals surface area contributed by atoms with Gasteiger partial charge in [0.25, 0.3) is 0 Å². The van der Waals surface area contributed by atoms with Gasteiger partial charge in [0.1, 0.15) is 0 Å². The van der Waals surface area contributed by atoms with Gasteiger partial charge in [-0.25, -0.2) is 0 Å². The standard InChI is InChI=1S/2H2O4Te.Zr/c2*1-5(2,3)4;/h2*(H2,1,2,3,4);/q;;+4/p-4. The topological polar surface area (TPSA) is 161 Å². The van der Waals surface area contributed by atoms with Gasteiger partial charge in [0, 0.05) is 0 Å². The van der Waals surface area contributed by atoms with Crippen molar-refractivity contribution >= 4 is 37.9 Å². The van der Waals surface area contributed by atoms with E-state index in [9.17, 15) is 0 Å². The summed E-state index contributed by atoms with van der Waals surface area (Å²) in [6, 6.07) is 0. The summed E-state index contributed by atoms with van der Waals surface area (Å²) >= 11 is -12.0. The average molecular weight is 474 g/mol. The molecule has 0 aromatic heterocycles. The molecule has 0 amide bonds. The van der Waals surface area contributed by atoms with E-state index in [-0.39, 0.29) is 26.2 Å². The van der Waals surface area contributed by atoms with E-state index in [4.69, 9.17) is 26.3 Å². The molecule has 11 heavy (non-hydrogen) atoms. The fourth-order valence-electron chi connectivity index (χ4n) is 0. The summed E-state index contributed by atoms with van der Waals surface area (Å²) < 4.78 is 69.0. The largest absolute Gasteiger partial charge is 4.00 e. The van der Waals surface area contributed by atoms with Gasteiger partial charge >= 0.3 is 90.4 Å². The molecule has 0 spiro atoms. The zero-order valence-corrected chi connectivity index (χ0v) is 11.7. The van der Waals surface area contributed by atoms with Crippen molar-refractivity contribution in [2.45, 2.75) is 0 Å². The van der Waals surface area contributed by atoms with Crippen LogP contribution in [0.5, 0.6) is 0 Å². The monoisotopic (exact) mass is 478 g/mol. The molecule has 0 rings (SSSR count). The van der Waals surface area contributed by atoms with Crippen molar-refractivity contribution < 1.29 is 52.5 Å². The average Bonchev–Trinajstić information content (AvgIpc) is 1.12. The van der Waals surface area contributed by atoms with Gasteiger partial charge in [-0.1, -0.05) is 0 Å². The van der Waals surface area contributed by atoms with Gasteiger partial charge in [0.05, 0.1) is 0 Å². The molecule has 64 valence electrons. The number of hydrogen-bond acceptors (Lipinski definition) is 8. The fourth-order valence-corrected chi connectivity index (χ4v) is 0. The minimum Gasteiger partial charge on any atom is 4.00 e. The van der Waals surface area contributed by atoms with E-state index in [1.807, 2.05) is 0 Å². The summed E-state index contributed by atoms with van der Waals surface area (Å²) in [5.41, 5.74) is 0. The molecule has 0 aliphatic heterocycles. The third-order valence-electron chi connectivity index (χ3n) is 0. The molecule has 0 fully saturated rings. The molecule has 0 saturated carbocycles. The van der Waals surface area contributed by atoms with E-state index < -0.39 is 37.9 Å². The van der Waals surface area contributed by atoms with Crippen molar-refractivity contribution in [1.29, 1.82) is 0 Å². The fraction of sp³-hybridized carbons (Fsp3) is 0. The van der Waals surface area contributed by atoms with Crippen LogP contribution >= 0.6 is 0 Å². The van der Waals surface area contributed by atoms with Crippen LogP contribution in [0, 0.1) is 0 Å². The minimum atomic E-state index is -6.02.